The van der Waals surface area contributed by atoms with Crippen molar-refractivity contribution in [2.45, 2.75) is 13.5 Å². The molecule has 2 amide bonds. The number of methoxy groups -OCH3 is 2. The lowest BCUT2D eigenvalue weighted by Gasteiger charge is -2.18. The third kappa shape index (κ3) is 6.95. The molecule has 2 rings (SSSR count). The largest absolute Gasteiger partial charge is 0.497 e. The molecule has 0 saturated heterocycles. The van der Waals surface area contributed by atoms with Crippen LogP contribution in [0.1, 0.15) is 18.1 Å². The van der Waals surface area contributed by atoms with Crippen LogP contribution in [-0.2, 0) is 16.1 Å². The van der Waals surface area contributed by atoms with E-state index in [1.807, 2.05) is 0 Å². The number of rotatable bonds is 9. The second-order valence-electron chi connectivity index (χ2n) is 6.23. The zero-order chi connectivity index (χ0) is 21.2. The summed E-state index contributed by atoms with van der Waals surface area (Å²) in [5, 5.41) is 2.73. The molecule has 29 heavy (non-hydrogen) atoms. The van der Waals surface area contributed by atoms with Crippen LogP contribution in [0.15, 0.2) is 48.5 Å². The van der Waals surface area contributed by atoms with Crippen molar-refractivity contribution >= 4 is 17.9 Å². The van der Waals surface area contributed by atoms with Gasteiger partial charge in [0.1, 0.15) is 17.3 Å². The van der Waals surface area contributed by atoms with Gasteiger partial charge in [-0.3, -0.25) is 9.59 Å². The maximum Gasteiger partial charge on any atom is 0.247 e. The molecule has 0 aromatic heterocycles. The average molecular weight is 400 g/mol. The Bertz CT molecular complexity index is 843. The van der Waals surface area contributed by atoms with E-state index in [9.17, 15) is 14.0 Å². The van der Waals surface area contributed by atoms with Gasteiger partial charge in [-0.05, 0) is 48.4 Å². The third-order valence-corrected chi connectivity index (χ3v) is 4.22. The molecule has 0 radical (unpaired) electrons. The average Bonchev–Trinajstić information content (AvgIpc) is 2.75. The first kappa shape index (κ1) is 21.9. The Morgan fingerprint density at radius 2 is 1.69 bits per heavy atom. The maximum absolute atomic E-state index is 12.9. The standard InChI is InChI=1S/C22H25FN2O4/c1-4-25(15-21(26)24-14-16-5-8-18(23)9-6-16)22(27)10-7-17-11-19(28-2)13-20(12-17)29-3/h5-13H,4,14-15H2,1-3H3,(H,24,26)/b10-7+. The van der Waals surface area contributed by atoms with Gasteiger partial charge in [-0.2, -0.15) is 0 Å². The fourth-order valence-corrected chi connectivity index (χ4v) is 2.58. The highest BCUT2D eigenvalue weighted by Crippen LogP contribution is 2.23. The lowest BCUT2D eigenvalue weighted by molar-refractivity contribution is -0.132. The van der Waals surface area contributed by atoms with Crippen LogP contribution in [0.2, 0.25) is 0 Å². The third-order valence-electron chi connectivity index (χ3n) is 4.22. The minimum atomic E-state index is -0.330. The first-order chi connectivity index (χ1) is 13.9. The van der Waals surface area contributed by atoms with Crippen LogP contribution < -0.4 is 14.8 Å². The summed E-state index contributed by atoms with van der Waals surface area (Å²) in [5.74, 6) is 0.323. The molecule has 0 saturated carbocycles. The molecular weight excluding hydrogens is 375 g/mol. The van der Waals surface area contributed by atoms with Crippen molar-refractivity contribution in [1.82, 2.24) is 10.2 Å². The Labute approximate surface area is 169 Å². The molecule has 0 aliphatic heterocycles. The number of nitrogens with one attached hydrogen (secondary N) is 1. The number of carbonyl (C=O) groups is 2. The molecular formula is C22H25FN2O4. The maximum atomic E-state index is 12.9. The van der Waals surface area contributed by atoms with E-state index in [4.69, 9.17) is 9.47 Å². The van der Waals surface area contributed by atoms with Crippen LogP contribution in [0.25, 0.3) is 6.08 Å². The molecule has 0 aliphatic rings. The predicted octanol–water partition coefficient (Wildman–Crippen LogP) is 3.02. The number of nitrogens with zero attached hydrogens (tertiary/aromatic N) is 1. The number of benzene rings is 2. The molecule has 0 spiro atoms. The van der Waals surface area contributed by atoms with Gasteiger partial charge in [-0.1, -0.05) is 12.1 Å². The van der Waals surface area contributed by atoms with Gasteiger partial charge in [0.2, 0.25) is 11.8 Å². The first-order valence-corrected chi connectivity index (χ1v) is 9.16. The van der Waals surface area contributed by atoms with Crippen molar-refractivity contribution in [2.24, 2.45) is 0 Å². The SMILES string of the molecule is CCN(CC(=O)NCc1ccc(F)cc1)C(=O)/C=C/c1cc(OC)cc(OC)c1. The summed E-state index contributed by atoms with van der Waals surface area (Å²) in [7, 11) is 3.10. The van der Waals surface area contributed by atoms with Crippen LogP contribution in [0.3, 0.4) is 0 Å². The van der Waals surface area contributed by atoms with Gasteiger partial charge in [0.05, 0.1) is 20.8 Å². The molecule has 154 valence electrons. The fourth-order valence-electron chi connectivity index (χ4n) is 2.58. The van der Waals surface area contributed by atoms with Gasteiger partial charge in [0.25, 0.3) is 0 Å². The molecule has 2 aromatic carbocycles. The van der Waals surface area contributed by atoms with E-state index in [1.54, 1.807) is 57.6 Å². The van der Waals surface area contributed by atoms with Crippen molar-refractivity contribution in [2.75, 3.05) is 27.3 Å². The van der Waals surface area contributed by atoms with Crippen molar-refractivity contribution in [3.63, 3.8) is 0 Å². The number of hydrogen-bond acceptors (Lipinski definition) is 4. The van der Waals surface area contributed by atoms with Crippen molar-refractivity contribution in [1.29, 1.82) is 0 Å². The Hall–Kier alpha value is -3.35. The van der Waals surface area contributed by atoms with Gasteiger partial charge in [0, 0.05) is 25.2 Å². The second-order valence-corrected chi connectivity index (χ2v) is 6.23. The van der Waals surface area contributed by atoms with Gasteiger partial charge >= 0.3 is 0 Å². The highest BCUT2D eigenvalue weighted by Gasteiger charge is 2.13. The van der Waals surface area contributed by atoms with Crippen LogP contribution >= 0.6 is 0 Å². The smallest absolute Gasteiger partial charge is 0.247 e. The first-order valence-electron chi connectivity index (χ1n) is 9.16. The Balaban J connectivity index is 1.94. The normalized spacial score (nSPS) is 10.6. The van der Waals surface area contributed by atoms with Crippen molar-refractivity contribution in [3.05, 3.63) is 65.5 Å². The van der Waals surface area contributed by atoms with Crippen LogP contribution in [0.4, 0.5) is 4.39 Å². The highest BCUT2D eigenvalue weighted by molar-refractivity contribution is 5.94. The summed E-state index contributed by atoms with van der Waals surface area (Å²) in [6.45, 7) is 2.38. The Morgan fingerprint density at radius 1 is 1.07 bits per heavy atom. The number of carbonyl (C=O) groups excluding carboxylic acids is 2. The number of halogens is 1. The van der Waals surface area contributed by atoms with Crippen molar-refractivity contribution < 1.29 is 23.5 Å². The molecule has 0 fully saturated rings. The zero-order valence-electron chi connectivity index (χ0n) is 16.8. The molecule has 0 bridgehead atoms. The monoisotopic (exact) mass is 400 g/mol. The van der Waals surface area contributed by atoms with E-state index in [0.717, 1.165) is 11.1 Å². The van der Waals surface area contributed by atoms with E-state index < -0.39 is 0 Å². The van der Waals surface area contributed by atoms with Crippen molar-refractivity contribution in [3.8, 4) is 11.5 Å². The Kier molecular flexibility index (Phi) is 8.21. The number of hydrogen-bond donors (Lipinski definition) is 1. The fraction of sp³-hybridized carbons (Fsp3) is 0.273. The zero-order valence-corrected chi connectivity index (χ0v) is 16.8. The molecule has 0 unspecified atom stereocenters. The van der Waals surface area contributed by atoms with Crippen LogP contribution in [-0.4, -0.2) is 44.0 Å². The quantitative estimate of drug-likeness (QED) is 0.657. The summed E-state index contributed by atoms with van der Waals surface area (Å²) in [4.78, 5) is 26.0. The minimum absolute atomic E-state index is 0.0672. The lowest BCUT2D eigenvalue weighted by atomic mass is 10.2. The molecule has 2 aromatic rings. The summed E-state index contributed by atoms with van der Waals surface area (Å²) in [6.07, 6.45) is 3.05. The number of likely N-dealkylation sites (N-methyl/N-ethyl adjacent to an activating group) is 1. The molecule has 1 N–H and O–H groups in total. The van der Waals surface area contributed by atoms with Crippen LogP contribution in [0.5, 0.6) is 11.5 Å². The number of ether oxygens (including phenoxy) is 2. The number of amides is 2. The molecule has 0 heterocycles. The summed E-state index contributed by atoms with van der Waals surface area (Å²) in [6, 6.07) is 11.2. The van der Waals surface area contributed by atoms with E-state index in [1.165, 1.54) is 23.1 Å². The lowest BCUT2D eigenvalue weighted by Crippen LogP contribution is -2.39. The van der Waals surface area contributed by atoms with Gasteiger partial charge in [-0.25, -0.2) is 4.39 Å². The van der Waals surface area contributed by atoms with Crippen LogP contribution in [0, 0.1) is 5.82 Å². The summed E-state index contributed by atoms with van der Waals surface area (Å²) >= 11 is 0. The Morgan fingerprint density at radius 3 is 2.24 bits per heavy atom. The predicted molar refractivity (Wildman–Crippen MR) is 109 cm³/mol. The highest BCUT2D eigenvalue weighted by atomic mass is 19.1. The van der Waals surface area contributed by atoms with E-state index in [0.29, 0.717) is 18.0 Å². The molecule has 0 atom stereocenters. The summed E-state index contributed by atoms with van der Waals surface area (Å²) < 4.78 is 23.3. The molecule has 7 heteroatoms. The van der Waals surface area contributed by atoms with E-state index in [-0.39, 0.29) is 30.7 Å². The topological polar surface area (TPSA) is 67.9 Å². The van der Waals surface area contributed by atoms with Gasteiger partial charge in [-0.15, -0.1) is 0 Å². The van der Waals surface area contributed by atoms with E-state index >= 15 is 0 Å². The summed E-state index contributed by atoms with van der Waals surface area (Å²) in [5.41, 5.74) is 1.52. The van der Waals surface area contributed by atoms with E-state index in [2.05, 4.69) is 5.32 Å². The minimum Gasteiger partial charge on any atom is -0.497 e. The van der Waals surface area contributed by atoms with Gasteiger partial charge < -0.3 is 19.7 Å². The molecule has 6 nitrogen and oxygen atoms in total. The second kappa shape index (κ2) is 10.8. The molecule has 0 aliphatic carbocycles. The van der Waals surface area contributed by atoms with Gasteiger partial charge in [0.15, 0.2) is 0 Å².